The molecule has 0 saturated heterocycles. The molecule has 2 aliphatic carbocycles. The van der Waals surface area contributed by atoms with Gasteiger partial charge in [-0.2, -0.15) is 0 Å². The van der Waals surface area contributed by atoms with Crippen molar-refractivity contribution in [3.8, 4) is 0 Å². The van der Waals surface area contributed by atoms with E-state index in [9.17, 15) is 4.79 Å². The van der Waals surface area contributed by atoms with E-state index in [1.165, 1.54) is 19.3 Å². The summed E-state index contributed by atoms with van der Waals surface area (Å²) in [6.45, 7) is 2.20. The Morgan fingerprint density at radius 2 is 2.46 bits per heavy atom. The number of hydrogen-bond donors (Lipinski definition) is 0. The highest BCUT2D eigenvalue weighted by atomic mass is 16.1. The fourth-order valence-corrected chi connectivity index (χ4v) is 2.82. The van der Waals surface area contributed by atoms with Crippen molar-refractivity contribution in [2.45, 2.75) is 45.4 Å². The minimum Gasteiger partial charge on any atom is -0.294 e. The summed E-state index contributed by atoms with van der Waals surface area (Å²) in [4.78, 5) is 11.8. The first-order valence-electron chi connectivity index (χ1n) is 5.49. The Hall–Kier alpha value is -0.590. The van der Waals surface area contributed by atoms with Crippen LogP contribution in [0.2, 0.25) is 0 Å². The molecule has 0 N–H and O–H groups in total. The Balaban J connectivity index is 2.12. The molecule has 0 aromatic carbocycles. The van der Waals surface area contributed by atoms with Gasteiger partial charge in [0, 0.05) is 5.41 Å². The lowest BCUT2D eigenvalue weighted by molar-refractivity contribution is -0.124. The van der Waals surface area contributed by atoms with Gasteiger partial charge in [0.25, 0.3) is 0 Å². The maximum atomic E-state index is 11.8. The normalized spacial score (nSPS) is 37.0. The lowest BCUT2D eigenvalue weighted by Gasteiger charge is -2.28. The van der Waals surface area contributed by atoms with E-state index in [0.29, 0.717) is 5.78 Å². The molecular weight excluding hydrogens is 160 g/mol. The monoisotopic (exact) mass is 178 g/mol. The zero-order valence-electron chi connectivity index (χ0n) is 8.38. The summed E-state index contributed by atoms with van der Waals surface area (Å²) in [5.41, 5.74) is 0.0788. The highest BCUT2D eigenvalue weighted by Crippen LogP contribution is 2.49. The summed E-state index contributed by atoms with van der Waals surface area (Å²) >= 11 is 0. The quantitative estimate of drug-likeness (QED) is 0.649. The van der Waals surface area contributed by atoms with Gasteiger partial charge in [0.15, 0.2) is 5.78 Å². The second-order valence-electron chi connectivity index (χ2n) is 4.61. The third kappa shape index (κ3) is 1.45. The molecule has 1 saturated carbocycles. The second kappa shape index (κ2) is 3.28. The second-order valence-corrected chi connectivity index (χ2v) is 4.61. The molecule has 2 bridgehead atoms. The average Bonchev–Trinajstić information content (AvgIpc) is 2.50. The highest BCUT2D eigenvalue weighted by Gasteiger charge is 2.44. The van der Waals surface area contributed by atoms with Gasteiger partial charge < -0.3 is 0 Å². The lowest BCUT2D eigenvalue weighted by Crippen LogP contribution is -2.28. The third-order valence-electron chi connectivity index (χ3n) is 3.70. The fourth-order valence-electron chi connectivity index (χ4n) is 2.82. The number of ketones is 1. The molecule has 2 atom stereocenters. The van der Waals surface area contributed by atoms with Crippen molar-refractivity contribution in [1.82, 2.24) is 0 Å². The summed E-state index contributed by atoms with van der Waals surface area (Å²) in [7, 11) is 0. The first-order valence-corrected chi connectivity index (χ1v) is 5.49. The van der Waals surface area contributed by atoms with E-state index < -0.39 is 0 Å². The highest BCUT2D eigenvalue weighted by molar-refractivity contribution is 5.96. The van der Waals surface area contributed by atoms with Crippen molar-refractivity contribution in [2.24, 2.45) is 11.3 Å². The molecule has 0 spiro atoms. The standard InChI is InChI=1S/C12H18O/c1-2-3-7-12-8-6-10(9-12)4-5-11(12)13/h4-5,10H,2-3,6-9H2,1H3. The zero-order chi connectivity index (χ0) is 9.31. The van der Waals surface area contributed by atoms with Gasteiger partial charge in [0.05, 0.1) is 0 Å². The van der Waals surface area contributed by atoms with Crippen LogP contribution in [0.5, 0.6) is 0 Å². The Kier molecular flexibility index (Phi) is 2.27. The Morgan fingerprint density at radius 1 is 1.62 bits per heavy atom. The summed E-state index contributed by atoms with van der Waals surface area (Å²) in [6, 6.07) is 0. The number of allylic oxidation sites excluding steroid dienone is 2. The van der Waals surface area contributed by atoms with Gasteiger partial charge in [-0.15, -0.1) is 0 Å². The van der Waals surface area contributed by atoms with Gasteiger partial charge in [0.1, 0.15) is 0 Å². The molecular formula is C12H18O. The molecule has 0 aromatic heterocycles. The molecule has 2 aliphatic rings. The van der Waals surface area contributed by atoms with E-state index in [1.54, 1.807) is 0 Å². The molecule has 72 valence electrons. The lowest BCUT2D eigenvalue weighted by atomic mass is 9.74. The minimum absolute atomic E-state index is 0.0788. The van der Waals surface area contributed by atoms with Crippen molar-refractivity contribution in [3.63, 3.8) is 0 Å². The number of hydrogen-bond acceptors (Lipinski definition) is 1. The van der Waals surface area contributed by atoms with Crippen LogP contribution in [0.25, 0.3) is 0 Å². The molecule has 1 heteroatoms. The van der Waals surface area contributed by atoms with Crippen molar-refractivity contribution in [3.05, 3.63) is 12.2 Å². The summed E-state index contributed by atoms with van der Waals surface area (Å²) in [6.07, 6.45) is 11.0. The largest absolute Gasteiger partial charge is 0.294 e. The van der Waals surface area contributed by atoms with Crippen LogP contribution in [-0.2, 0) is 4.79 Å². The number of rotatable bonds is 3. The number of carbonyl (C=O) groups excluding carboxylic acids is 1. The molecule has 13 heavy (non-hydrogen) atoms. The Labute approximate surface area is 80.2 Å². The number of carbonyl (C=O) groups is 1. The maximum absolute atomic E-state index is 11.8. The summed E-state index contributed by atoms with van der Waals surface area (Å²) < 4.78 is 0. The van der Waals surface area contributed by atoms with E-state index in [1.807, 2.05) is 6.08 Å². The van der Waals surface area contributed by atoms with E-state index in [2.05, 4.69) is 13.0 Å². The van der Waals surface area contributed by atoms with Crippen LogP contribution in [0.1, 0.15) is 45.4 Å². The Bertz CT molecular complexity index is 242. The van der Waals surface area contributed by atoms with Crippen molar-refractivity contribution < 1.29 is 4.79 Å². The van der Waals surface area contributed by atoms with Gasteiger partial charge in [-0.25, -0.2) is 0 Å². The first-order chi connectivity index (χ1) is 6.27. The van der Waals surface area contributed by atoms with Gasteiger partial charge in [-0.3, -0.25) is 4.79 Å². The van der Waals surface area contributed by atoms with Gasteiger partial charge in [-0.1, -0.05) is 25.8 Å². The molecule has 2 unspecified atom stereocenters. The van der Waals surface area contributed by atoms with Crippen LogP contribution < -0.4 is 0 Å². The predicted octanol–water partition coefficient (Wildman–Crippen LogP) is 3.10. The molecule has 2 rings (SSSR count). The molecule has 0 aliphatic heterocycles. The van der Waals surface area contributed by atoms with E-state index in [0.717, 1.165) is 25.2 Å². The SMILES string of the molecule is CCCCC12CCC(C=CC1=O)C2. The van der Waals surface area contributed by atoms with Crippen LogP contribution in [0, 0.1) is 11.3 Å². The van der Waals surface area contributed by atoms with Crippen molar-refractivity contribution in [1.29, 1.82) is 0 Å². The third-order valence-corrected chi connectivity index (χ3v) is 3.70. The Morgan fingerprint density at radius 3 is 3.23 bits per heavy atom. The maximum Gasteiger partial charge on any atom is 0.161 e. The summed E-state index contributed by atoms with van der Waals surface area (Å²) in [5.74, 6) is 1.13. The smallest absolute Gasteiger partial charge is 0.161 e. The summed E-state index contributed by atoms with van der Waals surface area (Å²) in [5, 5.41) is 0. The fraction of sp³-hybridized carbons (Fsp3) is 0.750. The van der Waals surface area contributed by atoms with E-state index >= 15 is 0 Å². The van der Waals surface area contributed by atoms with Crippen LogP contribution in [-0.4, -0.2) is 5.78 Å². The van der Waals surface area contributed by atoms with Crippen LogP contribution >= 0.6 is 0 Å². The first kappa shape index (κ1) is 8.98. The molecule has 0 amide bonds. The number of fused-ring (bicyclic) bond motifs is 2. The van der Waals surface area contributed by atoms with Crippen LogP contribution in [0.15, 0.2) is 12.2 Å². The topological polar surface area (TPSA) is 17.1 Å². The van der Waals surface area contributed by atoms with E-state index in [4.69, 9.17) is 0 Å². The van der Waals surface area contributed by atoms with Crippen molar-refractivity contribution in [2.75, 3.05) is 0 Å². The average molecular weight is 178 g/mol. The van der Waals surface area contributed by atoms with Gasteiger partial charge in [-0.05, 0) is 37.7 Å². The van der Waals surface area contributed by atoms with Gasteiger partial charge >= 0.3 is 0 Å². The minimum atomic E-state index is 0.0788. The predicted molar refractivity (Wildman–Crippen MR) is 53.4 cm³/mol. The van der Waals surface area contributed by atoms with Crippen LogP contribution in [0.3, 0.4) is 0 Å². The molecule has 1 nitrogen and oxygen atoms in total. The van der Waals surface area contributed by atoms with Gasteiger partial charge in [0.2, 0.25) is 0 Å². The van der Waals surface area contributed by atoms with E-state index in [-0.39, 0.29) is 5.41 Å². The molecule has 0 aromatic rings. The van der Waals surface area contributed by atoms with Crippen LogP contribution in [0.4, 0.5) is 0 Å². The zero-order valence-corrected chi connectivity index (χ0v) is 8.38. The molecule has 1 fully saturated rings. The molecule has 0 heterocycles. The van der Waals surface area contributed by atoms with Crippen molar-refractivity contribution >= 4 is 5.78 Å². The molecule has 0 radical (unpaired) electrons. The number of unbranched alkanes of at least 4 members (excludes halogenated alkanes) is 1.